The molecule has 1 saturated heterocycles. The van der Waals surface area contributed by atoms with Crippen LogP contribution < -0.4 is 5.73 Å². The van der Waals surface area contributed by atoms with Gasteiger partial charge in [0.25, 0.3) is 0 Å². The third-order valence-corrected chi connectivity index (χ3v) is 3.12. The Morgan fingerprint density at radius 3 is 2.76 bits per heavy atom. The summed E-state index contributed by atoms with van der Waals surface area (Å²) in [6, 6.07) is -0.723. The molecule has 1 aliphatic rings. The average Bonchev–Trinajstić information content (AvgIpc) is 2.74. The SMILES string of the molecule is NC(CCC(=O)O)C(=O)N1CCC(CCO)C1. The molecular weight excluding hydrogens is 224 g/mol. The van der Waals surface area contributed by atoms with Crippen LogP contribution in [0.3, 0.4) is 0 Å². The molecule has 0 aromatic rings. The van der Waals surface area contributed by atoms with Gasteiger partial charge in [-0.3, -0.25) is 9.59 Å². The summed E-state index contributed by atoms with van der Waals surface area (Å²) in [5.41, 5.74) is 5.66. The van der Waals surface area contributed by atoms with E-state index in [-0.39, 0.29) is 25.4 Å². The van der Waals surface area contributed by atoms with Gasteiger partial charge in [0.2, 0.25) is 5.91 Å². The lowest BCUT2D eigenvalue weighted by Gasteiger charge is -2.20. The second-order valence-corrected chi connectivity index (χ2v) is 4.49. The minimum absolute atomic E-state index is 0.0825. The van der Waals surface area contributed by atoms with Crippen LogP contribution in [0.15, 0.2) is 0 Å². The third kappa shape index (κ3) is 4.32. The normalized spacial score (nSPS) is 21.5. The fourth-order valence-corrected chi connectivity index (χ4v) is 2.09. The van der Waals surface area contributed by atoms with Crippen molar-refractivity contribution in [3.63, 3.8) is 0 Å². The number of aliphatic hydroxyl groups excluding tert-OH is 1. The number of hydrogen-bond donors (Lipinski definition) is 3. The number of nitrogens with zero attached hydrogens (tertiary/aromatic N) is 1. The van der Waals surface area contributed by atoms with E-state index < -0.39 is 12.0 Å². The van der Waals surface area contributed by atoms with E-state index in [2.05, 4.69) is 0 Å². The molecule has 1 fully saturated rings. The van der Waals surface area contributed by atoms with Gasteiger partial charge in [-0.2, -0.15) is 0 Å². The molecular formula is C11H20N2O4. The van der Waals surface area contributed by atoms with Crippen LogP contribution in [0, 0.1) is 5.92 Å². The van der Waals surface area contributed by atoms with E-state index in [0.717, 1.165) is 6.42 Å². The highest BCUT2D eigenvalue weighted by molar-refractivity contribution is 5.82. The van der Waals surface area contributed by atoms with Gasteiger partial charge in [0.1, 0.15) is 0 Å². The molecule has 1 heterocycles. The highest BCUT2D eigenvalue weighted by atomic mass is 16.4. The number of carboxylic acid groups (broad SMARTS) is 1. The van der Waals surface area contributed by atoms with E-state index in [1.165, 1.54) is 0 Å². The van der Waals surface area contributed by atoms with Gasteiger partial charge in [-0.1, -0.05) is 0 Å². The first-order valence-corrected chi connectivity index (χ1v) is 5.91. The van der Waals surface area contributed by atoms with Crippen molar-refractivity contribution in [1.29, 1.82) is 0 Å². The molecule has 0 spiro atoms. The Bertz CT molecular complexity index is 283. The zero-order valence-corrected chi connectivity index (χ0v) is 9.84. The van der Waals surface area contributed by atoms with Crippen molar-refractivity contribution in [1.82, 2.24) is 4.90 Å². The number of nitrogens with two attached hydrogens (primary N) is 1. The number of likely N-dealkylation sites (tertiary alicyclic amines) is 1. The Morgan fingerprint density at radius 2 is 2.18 bits per heavy atom. The third-order valence-electron chi connectivity index (χ3n) is 3.12. The monoisotopic (exact) mass is 244 g/mol. The van der Waals surface area contributed by atoms with Crippen molar-refractivity contribution in [2.75, 3.05) is 19.7 Å². The first kappa shape index (κ1) is 13.9. The molecule has 2 atom stereocenters. The molecule has 1 rings (SSSR count). The minimum Gasteiger partial charge on any atom is -0.481 e. The fraction of sp³-hybridized carbons (Fsp3) is 0.818. The summed E-state index contributed by atoms with van der Waals surface area (Å²) in [6.45, 7) is 1.42. The van der Waals surface area contributed by atoms with Crippen LogP contribution in [0.2, 0.25) is 0 Å². The minimum atomic E-state index is -0.937. The van der Waals surface area contributed by atoms with Crippen LogP contribution in [0.1, 0.15) is 25.7 Å². The summed E-state index contributed by atoms with van der Waals surface area (Å²) in [5.74, 6) is -0.768. The van der Waals surface area contributed by atoms with E-state index in [1.807, 2.05) is 0 Å². The number of aliphatic carboxylic acids is 1. The second-order valence-electron chi connectivity index (χ2n) is 4.49. The van der Waals surface area contributed by atoms with Gasteiger partial charge in [-0.15, -0.1) is 0 Å². The van der Waals surface area contributed by atoms with Gasteiger partial charge in [0.05, 0.1) is 6.04 Å². The maximum Gasteiger partial charge on any atom is 0.303 e. The number of carboxylic acids is 1. The molecule has 98 valence electrons. The molecule has 1 amide bonds. The van der Waals surface area contributed by atoms with E-state index >= 15 is 0 Å². The van der Waals surface area contributed by atoms with Crippen molar-refractivity contribution in [3.05, 3.63) is 0 Å². The van der Waals surface area contributed by atoms with Crippen LogP contribution in [0.5, 0.6) is 0 Å². The molecule has 6 nitrogen and oxygen atoms in total. The summed E-state index contributed by atoms with van der Waals surface area (Å²) < 4.78 is 0. The van der Waals surface area contributed by atoms with Crippen molar-refractivity contribution >= 4 is 11.9 Å². The summed E-state index contributed by atoms with van der Waals surface area (Å²) in [6.07, 6.45) is 1.68. The van der Waals surface area contributed by atoms with Crippen LogP contribution in [-0.4, -0.2) is 52.7 Å². The lowest BCUT2D eigenvalue weighted by atomic mass is 10.1. The Hall–Kier alpha value is -1.14. The number of rotatable bonds is 6. The van der Waals surface area contributed by atoms with Crippen molar-refractivity contribution in [2.45, 2.75) is 31.7 Å². The average molecular weight is 244 g/mol. The zero-order valence-electron chi connectivity index (χ0n) is 9.84. The lowest BCUT2D eigenvalue weighted by Crippen LogP contribution is -2.42. The Morgan fingerprint density at radius 1 is 1.47 bits per heavy atom. The molecule has 0 aromatic carbocycles. The van der Waals surface area contributed by atoms with Gasteiger partial charge in [0, 0.05) is 26.1 Å². The Balaban J connectivity index is 2.35. The number of amides is 1. The van der Waals surface area contributed by atoms with Crippen LogP contribution in [-0.2, 0) is 9.59 Å². The second kappa shape index (κ2) is 6.56. The molecule has 6 heteroatoms. The Kier molecular flexibility index (Phi) is 5.37. The molecule has 17 heavy (non-hydrogen) atoms. The molecule has 0 bridgehead atoms. The molecule has 4 N–H and O–H groups in total. The predicted octanol–water partition coefficient (Wildman–Crippen LogP) is -0.591. The Labute approximate surface area is 100 Å². The lowest BCUT2D eigenvalue weighted by molar-refractivity contribution is -0.137. The zero-order chi connectivity index (χ0) is 12.8. The van der Waals surface area contributed by atoms with Crippen molar-refractivity contribution in [2.24, 2.45) is 11.7 Å². The van der Waals surface area contributed by atoms with E-state index in [9.17, 15) is 9.59 Å². The van der Waals surface area contributed by atoms with Gasteiger partial charge >= 0.3 is 5.97 Å². The molecule has 1 aliphatic heterocycles. The summed E-state index contributed by atoms with van der Waals surface area (Å²) in [5, 5.41) is 17.3. The standard InChI is InChI=1S/C11H20N2O4/c12-9(1-2-10(15)16)11(17)13-5-3-8(7-13)4-6-14/h8-9,14H,1-7,12H2,(H,15,16). The summed E-state index contributed by atoms with van der Waals surface area (Å²) >= 11 is 0. The number of aliphatic hydroxyl groups is 1. The van der Waals surface area contributed by atoms with Gasteiger partial charge < -0.3 is 20.8 Å². The van der Waals surface area contributed by atoms with Crippen LogP contribution >= 0.6 is 0 Å². The molecule has 2 unspecified atom stereocenters. The first-order chi connectivity index (χ1) is 8.04. The van der Waals surface area contributed by atoms with Crippen LogP contribution in [0.25, 0.3) is 0 Å². The quantitative estimate of drug-likeness (QED) is 0.579. The van der Waals surface area contributed by atoms with Crippen molar-refractivity contribution in [3.8, 4) is 0 Å². The summed E-state index contributed by atoms with van der Waals surface area (Å²) in [4.78, 5) is 23.9. The highest BCUT2D eigenvalue weighted by Crippen LogP contribution is 2.20. The maximum atomic E-state index is 11.9. The number of carbonyl (C=O) groups excluding carboxylic acids is 1. The molecule has 0 aromatic heterocycles. The molecule has 0 radical (unpaired) electrons. The maximum absolute atomic E-state index is 11.9. The predicted molar refractivity (Wildman–Crippen MR) is 61.2 cm³/mol. The molecule has 0 aliphatic carbocycles. The smallest absolute Gasteiger partial charge is 0.303 e. The molecule has 0 saturated carbocycles. The number of hydrogen-bond acceptors (Lipinski definition) is 4. The van der Waals surface area contributed by atoms with E-state index in [4.69, 9.17) is 15.9 Å². The van der Waals surface area contributed by atoms with Gasteiger partial charge in [-0.05, 0) is 25.2 Å². The van der Waals surface area contributed by atoms with Gasteiger partial charge in [-0.25, -0.2) is 0 Å². The highest BCUT2D eigenvalue weighted by Gasteiger charge is 2.28. The number of carbonyl (C=O) groups is 2. The van der Waals surface area contributed by atoms with Gasteiger partial charge in [0.15, 0.2) is 0 Å². The van der Waals surface area contributed by atoms with Crippen LogP contribution in [0.4, 0.5) is 0 Å². The van der Waals surface area contributed by atoms with E-state index in [0.29, 0.717) is 25.4 Å². The fourth-order valence-electron chi connectivity index (χ4n) is 2.09. The van der Waals surface area contributed by atoms with Crippen molar-refractivity contribution < 1.29 is 19.8 Å². The first-order valence-electron chi connectivity index (χ1n) is 5.91. The topological polar surface area (TPSA) is 104 Å². The largest absolute Gasteiger partial charge is 0.481 e. The summed E-state index contributed by atoms with van der Waals surface area (Å²) in [7, 11) is 0. The van der Waals surface area contributed by atoms with E-state index in [1.54, 1.807) is 4.90 Å².